The molecule has 0 spiro atoms. The number of piperazine rings is 1. The Hall–Kier alpha value is -1.79. The predicted octanol–water partition coefficient (Wildman–Crippen LogP) is 2.20. The fourth-order valence-corrected chi connectivity index (χ4v) is 2.84. The van der Waals surface area contributed by atoms with Gasteiger partial charge < -0.3 is 19.3 Å². The molecule has 1 aromatic rings. The van der Waals surface area contributed by atoms with Crippen molar-refractivity contribution in [3.63, 3.8) is 0 Å². The Labute approximate surface area is 153 Å². The minimum atomic E-state index is -0.388. The highest BCUT2D eigenvalue weighted by Gasteiger charge is 2.28. The van der Waals surface area contributed by atoms with Gasteiger partial charge in [0.25, 0.3) is 11.8 Å². The molecule has 6 nitrogen and oxygen atoms in total. The summed E-state index contributed by atoms with van der Waals surface area (Å²) in [6, 6.07) is 6.89. The Balaban J connectivity index is 1.77. The first-order valence-electron chi connectivity index (χ1n) is 8.61. The third kappa shape index (κ3) is 5.61. The average molecular weight is 369 g/mol. The van der Waals surface area contributed by atoms with E-state index in [2.05, 4.69) is 0 Å². The molecule has 1 atom stereocenters. The molecule has 0 bridgehead atoms. The molecule has 7 heteroatoms. The first-order valence-corrected chi connectivity index (χ1v) is 8.99. The minimum absolute atomic E-state index is 0.00821. The van der Waals surface area contributed by atoms with Crippen molar-refractivity contribution in [3.8, 4) is 5.75 Å². The van der Waals surface area contributed by atoms with Gasteiger partial charge in [0, 0.05) is 37.8 Å². The average Bonchev–Trinajstić information content (AvgIpc) is 2.65. The van der Waals surface area contributed by atoms with Gasteiger partial charge >= 0.3 is 0 Å². The van der Waals surface area contributed by atoms with Crippen LogP contribution in [0.2, 0.25) is 5.02 Å². The van der Waals surface area contributed by atoms with E-state index >= 15 is 0 Å². The van der Waals surface area contributed by atoms with Gasteiger partial charge in [-0.15, -0.1) is 0 Å². The summed E-state index contributed by atoms with van der Waals surface area (Å²) in [7, 11) is 0. The molecule has 0 aliphatic carbocycles. The van der Waals surface area contributed by atoms with E-state index in [9.17, 15) is 9.59 Å². The lowest BCUT2D eigenvalue weighted by atomic mass is 10.2. The monoisotopic (exact) mass is 368 g/mol. The Bertz CT molecular complexity index is 571. The number of nitrogens with zero attached hydrogens (tertiary/aromatic N) is 2. The van der Waals surface area contributed by atoms with Crippen molar-refractivity contribution in [2.45, 2.75) is 26.4 Å². The maximum absolute atomic E-state index is 12.4. The van der Waals surface area contributed by atoms with Gasteiger partial charge in [0.05, 0.1) is 0 Å². The number of rotatable bonds is 7. The van der Waals surface area contributed by atoms with E-state index in [1.807, 2.05) is 13.8 Å². The van der Waals surface area contributed by atoms with E-state index in [1.165, 1.54) is 0 Å². The third-order valence-corrected chi connectivity index (χ3v) is 4.39. The number of amides is 2. The SMILES string of the molecule is CCOC(CC)C(=O)N1CCN(C(=O)COc2ccc(Cl)cc2)CC1. The number of ether oxygens (including phenoxy) is 2. The normalized spacial score (nSPS) is 15.8. The maximum Gasteiger partial charge on any atom is 0.260 e. The summed E-state index contributed by atoms with van der Waals surface area (Å²) in [5.74, 6) is 0.529. The first kappa shape index (κ1) is 19.5. The highest BCUT2D eigenvalue weighted by atomic mass is 35.5. The molecule has 0 radical (unpaired) electrons. The summed E-state index contributed by atoms with van der Waals surface area (Å²) in [6.45, 7) is 6.38. The molecule has 1 aromatic carbocycles. The molecule has 2 amide bonds. The molecule has 25 heavy (non-hydrogen) atoms. The fourth-order valence-electron chi connectivity index (χ4n) is 2.71. The Morgan fingerprint density at radius 2 is 1.68 bits per heavy atom. The van der Waals surface area contributed by atoms with Crippen molar-refractivity contribution in [1.29, 1.82) is 0 Å². The minimum Gasteiger partial charge on any atom is -0.484 e. The van der Waals surface area contributed by atoms with Crippen molar-refractivity contribution in [2.75, 3.05) is 39.4 Å². The number of carbonyl (C=O) groups is 2. The van der Waals surface area contributed by atoms with Gasteiger partial charge in [0.15, 0.2) is 6.61 Å². The van der Waals surface area contributed by atoms with Gasteiger partial charge in [0.1, 0.15) is 11.9 Å². The molecule has 0 saturated carbocycles. The molecule has 0 N–H and O–H groups in total. The molecule has 0 aromatic heterocycles. The van der Waals surface area contributed by atoms with Crippen LogP contribution >= 0.6 is 11.6 Å². The molecule has 2 rings (SSSR count). The van der Waals surface area contributed by atoms with Gasteiger partial charge in [-0.05, 0) is 37.6 Å². The van der Waals surface area contributed by atoms with E-state index in [0.29, 0.717) is 50.0 Å². The number of benzene rings is 1. The summed E-state index contributed by atoms with van der Waals surface area (Å²) in [5, 5.41) is 0.622. The molecule has 138 valence electrons. The van der Waals surface area contributed by atoms with Crippen LogP contribution in [0.25, 0.3) is 0 Å². The van der Waals surface area contributed by atoms with Crippen molar-refractivity contribution in [2.24, 2.45) is 0 Å². The summed E-state index contributed by atoms with van der Waals surface area (Å²) < 4.78 is 11.0. The summed E-state index contributed by atoms with van der Waals surface area (Å²) in [5.41, 5.74) is 0. The van der Waals surface area contributed by atoms with Crippen molar-refractivity contribution in [3.05, 3.63) is 29.3 Å². The van der Waals surface area contributed by atoms with Crippen molar-refractivity contribution in [1.82, 2.24) is 9.80 Å². The van der Waals surface area contributed by atoms with Crippen LogP contribution in [-0.4, -0.2) is 67.1 Å². The summed E-state index contributed by atoms with van der Waals surface area (Å²) in [4.78, 5) is 28.1. The van der Waals surface area contributed by atoms with Gasteiger partial charge in [-0.25, -0.2) is 0 Å². The quantitative estimate of drug-likeness (QED) is 0.740. The Kier molecular flexibility index (Phi) is 7.52. The lowest BCUT2D eigenvalue weighted by molar-refractivity contribution is -0.148. The second kappa shape index (κ2) is 9.63. The van der Waals surface area contributed by atoms with Crippen LogP contribution in [0, 0.1) is 0 Å². The third-order valence-electron chi connectivity index (χ3n) is 4.13. The van der Waals surface area contributed by atoms with Crippen LogP contribution in [0.5, 0.6) is 5.75 Å². The fraction of sp³-hybridized carbons (Fsp3) is 0.556. The van der Waals surface area contributed by atoms with Crippen molar-refractivity contribution < 1.29 is 19.1 Å². The zero-order chi connectivity index (χ0) is 18.2. The van der Waals surface area contributed by atoms with Crippen LogP contribution < -0.4 is 4.74 Å². The van der Waals surface area contributed by atoms with E-state index in [-0.39, 0.29) is 24.5 Å². The highest BCUT2D eigenvalue weighted by Crippen LogP contribution is 2.16. The van der Waals surface area contributed by atoms with Crippen LogP contribution in [0.4, 0.5) is 0 Å². The molecule has 1 unspecified atom stereocenters. The highest BCUT2D eigenvalue weighted by molar-refractivity contribution is 6.30. The predicted molar refractivity (Wildman–Crippen MR) is 95.8 cm³/mol. The van der Waals surface area contributed by atoms with Gasteiger partial charge in [-0.1, -0.05) is 18.5 Å². The molecule has 1 heterocycles. The molecule has 1 aliphatic heterocycles. The van der Waals surface area contributed by atoms with Crippen molar-refractivity contribution >= 4 is 23.4 Å². The maximum atomic E-state index is 12.4. The molecular weight excluding hydrogens is 344 g/mol. The van der Waals surface area contributed by atoms with Crippen LogP contribution in [0.3, 0.4) is 0 Å². The zero-order valence-electron chi connectivity index (χ0n) is 14.7. The number of halogens is 1. The van der Waals surface area contributed by atoms with Gasteiger partial charge in [-0.3, -0.25) is 9.59 Å². The molecule has 1 saturated heterocycles. The molecular formula is C18H25ClN2O4. The first-order chi connectivity index (χ1) is 12.0. The van der Waals surface area contributed by atoms with Crippen LogP contribution in [-0.2, 0) is 14.3 Å². The topological polar surface area (TPSA) is 59.1 Å². The second-order valence-corrected chi connectivity index (χ2v) is 6.24. The molecule has 1 aliphatic rings. The second-order valence-electron chi connectivity index (χ2n) is 5.80. The summed E-state index contributed by atoms with van der Waals surface area (Å²) >= 11 is 5.82. The van der Waals surface area contributed by atoms with Gasteiger partial charge in [-0.2, -0.15) is 0 Å². The lowest BCUT2D eigenvalue weighted by Crippen LogP contribution is -2.53. The van der Waals surface area contributed by atoms with Gasteiger partial charge in [0.2, 0.25) is 0 Å². The smallest absolute Gasteiger partial charge is 0.260 e. The standard InChI is InChI=1S/C18H25ClN2O4/c1-3-16(24-4-2)18(23)21-11-9-20(10-12-21)17(22)13-25-15-7-5-14(19)6-8-15/h5-8,16H,3-4,9-13H2,1-2H3. The number of carbonyl (C=O) groups excluding carboxylic acids is 2. The van der Waals surface area contributed by atoms with Crippen LogP contribution in [0.15, 0.2) is 24.3 Å². The largest absolute Gasteiger partial charge is 0.484 e. The zero-order valence-corrected chi connectivity index (χ0v) is 15.5. The summed E-state index contributed by atoms with van der Waals surface area (Å²) in [6.07, 6.45) is 0.265. The lowest BCUT2D eigenvalue weighted by Gasteiger charge is -2.36. The van der Waals surface area contributed by atoms with Crippen LogP contribution in [0.1, 0.15) is 20.3 Å². The van der Waals surface area contributed by atoms with E-state index in [1.54, 1.807) is 34.1 Å². The number of hydrogen-bond acceptors (Lipinski definition) is 4. The van der Waals surface area contributed by atoms with E-state index in [4.69, 9.17) is 21.1 Å². The Morgan fingerprint density at radius 1 is 1.08 bits per heavy atom. The van der Waals surface area contributed by atoms with E-state index in [0.717, 1.165) is 0 Å². The Morgan fingerprint density at radius 3 is 2.24 bits per heavy atom. The molecule has 1 fully saturated rings. The van der Waals surface area contributed by atoms with E-state index < -0.39 is 0 Å². The number of hydrogen-bond donors (Lipinski definition) is 0.